The van der Waals surface area contributed by atoms with E-state index in [9.17, 15) is 0 Å². The van der Waals surface area contributed by atoms with Gasteiger partial charge >= 0.3 is 0 Å². The van der Waals surface area contributed by atoms with Gasteiger partial charge in [0, 0.05) is 16.7 Å². The topological polar surface area (TPSA) is 12.4 Å². The maximum Gasteiger partial charge on any atom is 0.122 e. The SMILES string of the molecule is CC[Si](CC)(CC)Sc1c(C=Nc2c(C(C)C)cccc2C(C)C)cc(C)c(C)c1C(C)(C)C. The van der Waals surface area contributed by atoms with Crippen molar-refractivity contribution in [3.8, 4) is 0 Å². The van der Waals surface area contributed by atoms with Crippen molar-refractivity contribution in [2.45, 2.75) is 123 Å². The largest absolute Gasteiger partial charge is 0.256 e. The van der Waals surface area contributed by atoms with E-state index in [1.807, 2.05) is 0 Å². The van der Waals surface area contributed by atoms with E-state index in [-0.39, 0.29) is 5.41 Å². The third-order valence-electron chi connectivity index (χ3n) is 7.50. The normalized spacial score (nSPS) is 13.0. The lowest BCUT2D eigenvalue weighted by molar-refractivity contribution is 0.572. The molecule has 0 saturated carbocycles. The predicted octanol–water partition coefficient (Wildman–Crippen LogP) is 10.7. The molecule has 0 saturated heterocycles. The van der Waals surface area contributed by atoms with Crippen LogP contribution in [0.25, 0.3) is 0 Å². The second-order valence-corrected chi connectivity index (χ2v) is 19.9. The van der Waals surface area contributed by atoms with Crippen molar-refractivity contribution in [3.63, 3.8) is 0 Å². The summed E-state index contributed by atoms with van der Waals surface area (Å²) < 4.78 is 0. The van der Waals surface area contributed by atoms with Crippen molar-refractivity contribution in [2.75, 3.05) is 0 Å². The van der Waals surface area contributed by atoms with Gasteiger partial charge in [-0.15, -0.1) is 0 Å². The van der Waals surface area contributed by atoms with Crippen molar-refractivity contribution in [1.82, 2.24) is 0 Å². The zero-order valence-corrected chi connectivity index (χ0v) is 25.8. The van der Waals surface area contributed by atoms with E-state index in [1.165, 1.54) is 62.1 Å². The molecule has 0 N–H and O–H groups in total. The van der Waals surface area contributed by atoms with Crippen LogP contribution >= 0.6 is 11.2 Å². The Morgan fingerprint density at radius 1 is 0.912 bits per heavy atom. The maximum absolute atomic E-state index is 5.26. The van der Waals surface area contributed by atoms with E-state index in [2.05, 4.69) is 125 Å². The van der Waals surface area contributed by atoms with E-state index in [0.717, 1.165) is 0 Å². The molecular weight excluding hydrogens is 447 g/mol. The van der Waals surface area contributed by atoms with Crippen LogP contribution in [0.1, 0.15) is 114 Å². The van der Waals surface area contributed by atoms with Crippen LogP contribution in [0.3, 0.4) is 0 Å². The van der Waals surface area contributed by atoms with Gasteiger partial charge in [-0.1, -0.05) is 106 Å². The zero-order valence-electron chi connectivity index (χ0n) is 24.0. The van der Waals surface area contributed by atoms with E-state index in [0.29, 0.717) is 11.8 Å². The lowest BCUT2D eigenvalue weighted by Gasteiger charge is -2.33. The summed E-state index contributed by atoms with van der Waals surface area (Å²) in [7, 11) is -1.45. The lowest BCUT2D eigenvalue weighted by atomic mass is 9.81. The molecule has 0 bridgehead atoms. The van der Waals surface area contributed by atoms with Crippen LogP contribution in [0.15, 0.2) is 34.2 Å². The molecule has 0 fully saturated rings. The van der Waals surface area contributed by atoms with Crippen LogP contribution in [0.4, 0.5) is 5.69 Å². The Morgan fingerprint density at radius 3 is 1.82 bits per heavy atom. The van der Waals surface area contributed by atoms with Crippen molar-refractivity contribution in [1.29, 1.82) is 0 Å². The summed E-state index contributed by atoms with van der Waals surface area (Å²) in [5, 5.41) is 0. The Morgan fingerprint density at radius 2 is 1.41 bits per heavy atom. The molecule has 34 heavy (non-hydrogen) atoms. The molecule has 0 radical (unpaired) electrons. The van der Waals surface area contributed by atoms with Gasteiger partial charge in [-0.3, -0.25) is 4.99 Å². The second kappa shape index (κ2) is 11.6. The quantitative estimate of drug-likeness (QED) is 0.249. The van der Waals surface area contributed by atoms with E-state index < -0.39 is 7.22 Å². The highest BCUT2D eigenvalue weighted by Gasteiger charge is 2.33. The summed E-state index contributed by atoms with van der Waals surface area (Å²) in [6.45, 7) is 28.0. The van der Waals surface area contributed by atoms with Gasteiger partial charge < -0.3 is 0 Å². The summed E-state index contributed by atoms with van der Waals surface area (Å²) in [6, 6.07) is 13.0. The molecule has 0 aliphatic rings. The summed E-state index contributed by atoms with van der Waals surface area (Å²) in [5.74, 6) is 0.898. The third kappa shape index (κ3) is 6.26. The number of aliphatic imine (C=N–C) groups is 1. The van der Waals surface area contributed by atoms with Gasteiger partial charge in [-0.25, -0.2) is 0 Å². The van der Waals surface area contributed by atoms with Gasteiger partial charge in [0.05, 0.1) is 5.69 Å². The Labute approximate surface area is 215 Å². The number of benzene rings is 2. The van der Waals surface area contributed by atoms with Crippen LogP contribution in [-0.2, 0) is 5.41 Å². The summed E-state index contributed by atoms with van der Waals surface area (Å²) >= 11 is 2.24. The molecule has 0 aliphatic heterocycles. The molecule has 0 aromatic heterocycles. The molecule has 0 atom stereocenters. The fourth-order valence-electron chi connectivity index (χ4n) is 5.01. The van der Waals surface area contributed by atoms with Crippen LogP contribution in [0.2, 0.25) is 18.1 Å². The zero-order chi connectivity index (χ0) is 25.8. The third-order valence-corrected chi connectivity index (χ3v) is 17.0. The monoisotopic (exact) mass is 495 g/mol. The molecule has 2 aromatic rings. The van der Waals surface area contributed by atoms with Gasteiger partial charge in [0.15, 0.2) is 0 Å². The van der Waals surface area contributed by atoms with E-state index in [4.69, 9.17) is 4.99 Å². The van der Waals surface area contributed by atoms with Crippen LogP contribution in [-0.4, -0.2) is 13.4 Å². The van der Waals surface area contributed by atoms with Crippen molar-refractivity contribution < 1.29 is 0 Å². The average Bonchev–Trinajstić information content (AvgIpc) is 2.77. The molecule has 0 spiro atoms. The highest BCUT2D eigenvalue weighted by atomic mass is 32.4. The molecule has 188 valence electrons. The lowest BCUT2D eigenvalue weighted by Crippen LogP contribution is -2.28. The highest BCUT2D eigenvalue weighted by Crippen LogP contribution is 2.46. The minimum Gasteiger partial charge on any atom is -0.256 e. The molecule has 0 heterocycles. The number of para-hydroxylation sites is 1. The summed E-state index contributed by atoms with van der Waals surface area (Å²) in [5.41, 5.74) is 9.59. The first-order chi connectivity index (χ1) is 15.8. The molecule has 0 unspecified atom stereocenters. The minimum atomic E-state index is -1.45. The molecule has 2 rings (SSSR count). The van der Waals surface area contributed by atoms with Crippen LogP contribution in [0.5, 0.6) is 0 Å². The number of rotatable bonds is 9. The number of nitrogens with zero attached hydrogens (tertiary/aromatic N) is 1. The number of aryl methyl sites for hydroxylation is 1. The first-order valence-corrected chi connectivity index (χ1v) is 17.5. The Balaban J connectivity index is 2.84. The van der Waals surface area contributed by atoms with Crippen LogP contribution in [0, 0.1) is 13.8 Å². The first kappa shape index (κ1) is 28.9. The smallest absolute Gasteiger partial charge is 0.122 e. The minimum absolute atomic E-state index is 0.0926. The molecule has 3 heteroatoms. The van der Waals surface area contributed by atoms with E-state index in [1.54, 1.807) is 0 Å². The Kier molecular flexibility index (Phi) is 9.87. The molecule has 1 nitrogen and oxygen atoms in total. The second-order valence-electron chi connectivity index (χ2n) is 11.6. The van der Waals surface area contributed by atoms with Crippen LogP contribution < -0.4 is 0 Å². The number of hydrogen-bond acceptors (Lipinski definition) is 2. The maximum atomic E-state index is 5.26. The van der Waals surface area contributed by atoms with Gasteiger partial charge in [0.1, 0.15) is 7.22 Å². The van der Waals surface area contributed by atoms with E-state index >= 15 is 0 Å². The predicted molar refractivity (Wildman–Crippen MR) is 160 cm³/mol. The number of hydrogen-bond donors (Lipinski definition) is 0. The average molecular weight is 496 g/mol. The van der Waals surface area contributed by atoms with Crippen molar-refractivity contribution in [3.05, 3.63) is 57.6 Å². The molecule has 2 aromatic carbocycles. The Bertz CT molecular complexity index is 973. The Hall–Kier alpha value is -1.32. The highest BCUT2D eigenvalue weighted by molar-refractivity contribution is 8.29. The summed E-state index contributed by atoms with van der Waals surface area (Å²) in [4.78, 5) is 6.75. The van der Waals surface area contributed by atoms with Gasteiger partial charge in [0.25, 0.3) is 0 Å². The molecule has 0 aliphatic carbocycles. The first-order valence-electron chi connectivity index (χ1n) is 13.3. The molecular formula is C31H49NSSi. The van der Waals surface area contributed by atoms with Gasteiger partial charge in [-0.2, -0.15) is 11.2 Å². The standard InChI is InChI=1S/C31H49NSSi/c1-13-34(14-2,15-3)33-30-25(19-23(8)24(9)28(30)31(10,11)12)20-32-29-26(21(4)5)17-16-18-27(29)22(6)7/h16-22H,13-15H2,1-12H3. The van der Waals surface area contributed by atoms with Crippen molar-refractivity contribution >= 4 is 30.3 Å². The van der Waals surface area contributed by atoms with Gasteiger partial charge in [-0.05, 0) is 65.0 Å². The molecule has 0 amide bonds. The van der Waals surface area contributed by atoms with Gasteiger partial charge in [0.2, 0.25) is 0 Å². The van der Waals surface area contributed by atoms with Crippen molar-refractivity contribution in [2.24, 2.45) is 4.99 Å². The fraction of sp³-hybridized carbons (Fsp3) is 0.581. The summed E-state index contributed by atoms with van der Waals surface area (Å²) in [6.07, 6.45) is 2.19. The fourth-order valence-corrected chi connectivity index (χ4v) is 11.4.